The maximum absolute atomic E-state index is 12.8. The third-order valence-electron chi connectivity index (χ3n) is 3.26. The minimum Gasteiger partial charge on any atom is -0.489 e. The largest absolute Gasteiger partial charge is 0.489 e. The quantitative estimate of drug-likeness (QED) is 0.866. The predicted octanol–water partition coefficient (Wildman–Crippen LogP) is 3.44. The first-order valence-electron chi connectivity index (χ1n) is 6.62. The number of ether oxygens (including phenoxy) is 1. The number of nitrogens with two attached hydrogens (primary N) is 1. The Hall–Kier alpha value is -1.59. The molecule has 20 heavy (non-hydrogen) atoms. The lowest BCUT2D eigenvalue weighted by atomic mass is 10.0. The molecule has 0 saturated carbocycles. The van der Waals surface area contributed by atoms with Crippen molar-refractivity contribution < 1.29 is 17.9 Å². The summed E-state index contributed by atoms with van der Waals surface area (Å²) >= 11 is 0. The van der Waals surface area contributed by atoms with Crippen molar-refractivity contribution in [1.29, 1.82) is 0 Å². The fourth-order valence-electron chi connectivity index (χ4n) is 2.50. The number of hydrogen-bond donors (Lipinski definition) is 1. The number of anilines is 2. The molecule has 0 radical (unpaired) electrons. The van der Waals surface area contributed by atoms with Crippen LogP contribution in [-0.4, -0.2) is 25.4 Å². The SMILES string of the molecule is CC(C)C[C@@H]1COc2cc(N)ccc2N1CC(F)(F)F. The van der Waals surface area contributed by atoms with Gasteiger partial charge in [0, 0.05) is 11.8 Å². The summed E-state index contributed by atoms with van der Waals surface area (Å²) in [5.74, 6) is 0.726. The van der Waals surface area contributed by atoms with E-state index in [4.69, 9.17) is 10.5 Å². The second-order valence-electron chi connectivity index (χ2n) is 5.56. The van der Waals surface area contributed by atoms with Gasteiger partial charge in [-0.05, 0) is 24.5 Å². The maximum atomic E-state index is 12.8. The zero-order valence-electron chi connectivity index (χ0n) is 11.6. The van der Waals surface area contributed by atoms with Crippen LogP contribution in [0.5, 0.6) is 5.75 Å². The van der Waals surface area contributed by atoms with Crippen LogP contribution in [0.2, 0.25) is 0 Å². The van der Waals surface area contributed by atoms with Gasteiger partial charge in [-0.25, -0.2) is 0 Å². The molecule has 0 amide bonds. The van der Waals surface area contributed by atoms with Gasteiger partial charge in [0.05, 0.1) is 11.7 Å². The first kappa shape index (κ1) is 14.8. The molecule has 0 aromatic heterocycles. The van der Waals surface area contributed by atoms with Crippen molar-refractivity contribution in [2.24, 2.45) is 5.92 Å². The predicted molar refractivity (Wildman–Crippen MR) is 73.0 cm³/mol. The number of rotatable bonds is 3. The summed E-state index contributed by atoms with van der Waals surface area (Å²) in [6.07, 6.45) is -3.59. The highest BCUT2D eigenvalue weighted by Crippen LogP contribution is 2.38. The second kappa shape index (κ2) is 5.42. The first-order valence-corrected chi connectivity index (χ1v) is 6.62. The van der Waals surface area contributed by atoms with Gasteiger partial charge in [0.2, 0.25) is 0 Å². The molecule has 2 N–H and O–H groups in total. The molecule has 0 spiro atoms. The van der Waals surface area contributed by atoms with E-state index in [9.17, 15) is 13.2 Å². The normalized spacial score (nSPS) is 18.9. The van der Waals surface area contributed by atoms with Crippen molar-refractivity contribution in [3.8, 4) is 5.75 Å². The molecule has 1 aromatic rings. The van der Waals surface area contributed by atoms with E-state index in [1.54, 1.807) is 18.2 Å². The van der Waals surface area contributed by atoms with Crippen molar-refractivity contribution in [2.45, 2.75) is 32.5 Å². The molecule has 0 saturated heterocycles. The fraction of sp³-hybridized carbons (Fsp3) is 0.571. The minimum atomic E-state index is -4.24. The van der Waals surface area contributed by atoms with Gasteiger partial charge in [0.15, 0.2) is 0 Å². The Balaban J connectivity index is 2.32. The molecular weight excluding hydrogens is 269 g/mol. The van der Waals surface area contributed by atoms with Gasteiger partial charge >= 0.3 is 6.18 Å². The van der Waals surface area contributed by atoms with Crippen LogP contribution < -0.4 is 15.4 Å². The Morgan fingerprint density at radius 1 is 1.40 bits per heavy atom. The Morgan fingerprint density at radius 3 is 2.70 bits per heavy atom. The monoisotopic (exact) mass is 288 g/mol. The van der Waals surface area contributed by atoms with Gasteiger partial charge in [-0.2, -0.15) is 13.2 Å². The summed E-state index contributed by atoms with van der Waals surface area (Å²) in [6, 6.07) is 4.50. The van der Waals surface area contributed by atoms with E-state index in [-0.39, 0.29) is 12.6 Å². The number of hydrogen-bond acceptors (Lipinski definition) is 3. The van der Waals surface area contributed by atoms with E-state index in [0.717, 1.165) is 0 Å². The van der Waals surface area contributed by atoms with Gasteiger partial charge < -0.3 is 15.4 Å². The van der Waals surface area contributed by atoms with Gasteiger partial charge in [-0.3, -0.25) is 0 Å². The average Bonchev–Trinajstić information content (AvgIpc) is 2.30. The zero-order valence-corrected chi connectivity index (χ0v) is 11.6. The molecule has 1 heterocycles. The standard InChI is InChI=1S/C14H19F3N2O/c1-9(2)5-11-7-20-13-6-10(18)3-4-12(13)19(11)8-14(15,16)17/h3-4,6,9,11H,5,7-8,18H2,1-2H3/t11-/m1/s1. The zero-order chi connectivity index (χ0) is 14.9. The van der Waals surface area contributed by atoms with E-state index in [2.05, 4.69) is 0 Å². The van der Waals surface area contributed by atoms with E-state index in [0.29, 0.717) is 29.5 Å². The molecule has 1 aliphatic rings. The molecule has 1 atom stereocenters. The summed E-state index contributed by atoms with van der Waals surface area (Å²) in [7, 11) is 0. The Labute approximate surface area is 116 Å². The second-order valence-corrected chi connectivity index (χ2v) is 5.56. The van der Waals surface area contributed by atoms with Crippen molar-refractivity contribution in [1.82, 2.24) is 0 Å². The molecule has 3 nitrogen and oxygen atoms in total. The fourth-order valence-corrected chi connectivity index (χ4v) is 2.50. The van der Waals surface area contributed by atoms with Gasteiger partial charge in [0.25, 0.3) is 0 Å². The third kappa shape index (κ3) is 3.49. The highest BCUT2D eigenvalue weighted by atomic mass is 19.4. The van der Waals surface area contributed by atoms with Crippen LogP contribution in [0.4, 0.5) is 24.5 Å². The van der Waals surface area contributed by atoms with Crippen LogP contribution >= 0.6 is 0 Å². The van der Waals surface area contributed by atoms with Crippen LogP contribution in [0.3, 0.4) is 0 Å². The summed E-state index contributed by atoms with van der Waals surface area (Å²) in [5, 5.41) is 0. The molecule has 0 unspecified atom stereocenters. The van der Waals surface area contributed by atoms with Crippen molar-refractivity contribution in [3.05, 3.63) is 18.2 Å². The lowest BCUT2D eigenvalue weighted by molar-refractivity contribution is -0.121. The van der Waals surface area contributed by atoms with Gasteiger partial charge in [-0.1, -0.05) is 13.8 Å². The number of nitrogens with zero attached hydrogens (tertiary/aromatic N) is 1. The van der Waals surface area contributed by atoms with Crippen LogP contribution in [0, 0.1) is 5.92 Å². The van der Waals surface area contributed by atoms with Crippen molar-refractivity contribution in [2.75, 3.05) is 23.8 Å². The molecule has 112 valence electrons. The highest BCUT2D eigenvalue weighted by molar-refractivity contribution is 5.65. The molecule has 1 aliphatic heterocycles. The van der Waals surface area contributed by atoms with E-state index < -0.39 is 12.7 Å². The molecule has 6 heteroatoms. The lowest BCUT2D eigenvalue weighted by Crippen LogP contribution is -2.48. The van der Waals surface area contributed by atoms with Crippen molar-refractivity contribution in [3.63, 3.8) is 0 Å². The summed E-state index contributed by atoms with van der Waals surface area (Å²) in [5.41, 5.74) is 6.60. The third-order valence-corrected chi connectivity index (χ3v) is 3.26. The molecule has 0 aliphatic carbocycles. The van der Waals surface area contributed by atoms with Gasteiger partial charge in [0.1, 0.15) is 18.9 Å². The molecular formula is C14H19F3N2O. The Morgan fingerprint density at radius 2 is 2.10 bits per heavy atom. The Kier molecular flexibility index (Phi) is 4.01. The first-order chi connectivity index (χ1) is 9.26. The van der Waals surface area contributed by atoms with E-state index in [1.807, 2.05) is 13.8 Å². The van der Waals surface area contributed by atoms with E-state index >= 15 is 0 Å². The topological polar surface area (TPSA) is 38.5 Å². The lowest BCUT2D eigenvalue weighted by Gasteiger charge is -2.39. The van der Waals surface area contributed by atoms with Crippen LogP contribution in [0.25, 0.3) is 0 Å². The van der Waals surface area contributed by atoms with Crippen LogP contribution in [-0.2, 0) is 0 Å². The number of fused-ring (bicyclic) bond motifs is 1. The summed E-state index contributed by atoms with van der Waals surface area (Å²) in [4.78, 5) is 1.39. The van der Waals surface area contributed by atoms with Gasteiger partial charge in [-0.15, -0.1) is 0 Å². The summed E-state index contributed by atoms with van der Waals surface area (Å²) < 4.78 is 44.0. The van der Waals surface area contributed by atoms with Crippen molar-refractivity contribution >= 4 is 11.4 Å². The number of alkyl halides is 3. The molecule has 2 rings (SSSR count). The summed E-state index contributed by atoms with van der Waals surface area (Å²) in [6.45, 7) is 3.27. The molecule has 0 fully saturated rings. The average molecular weight is 288 g/mol. The number of benzene rings is 1. The number of nitrogen functional groups attached to an aromatic ring is 1. The number of halogens is 3. The smallest absolute Gasteiger partial charge is 0.405 e. The van der Waals surface area contributed by atoms with Crippen LogP contribution in [0.1, 0.15) is 20.3 Å². The Bertz CT molecular complexity index is 474. The van der Waals surface area contributed by atoms with E-state index in [1.165, 1.54) is 4.90 Å². The highest BCUT2D eigenvalue weighted by Gasteiger charge is 2.37. The maximum Gasteiger partial charge on any atom is 0.405 e. The molecule has 1 aromatic carbocycles. The van der Waals surface area contributed by atoms with Crippen LogP contribution in [0.15, 0.2) is 18.2 Å². The molecule has 0 bridgehead atoms. The minimum absolute atomic E-state index is 0.255.